The van der Waals surface area contributed by atoms with Crippen molar-refractivity contribution in [1.82, 2.24) is 15.3 Å². The number of hydrogen-bond acceptors (Lipinski definition) is 4. The predicted octanol–water partition coefficient (Wildman–Crippen LogP) is 2.60. The van der Waals surface area contributed by atoms with Crippen LogP contribution in [-0.2, 0) is 6.54 Å². The van der Waals surface area contributed by atoms with Gasteiger partial charge in [0.25, 0.3) is 0 Å². The van der Waals surface area contributed by atoms with Gasteiger partial charge in [0.05, 0.1) is 11.9 Å². The molecule has 1 heterocycles. The van der Waals surface area contributed by atoms with E-state index in [1.807, 2.05) is 12.4 Å². The second-order valence-electron chi connectivity index (χ2n) is 5.84. The normalized spacial score (nSPS) is 13.4. The molecule has 1 aromatic rings. The Hall–Kier alpha value is -1.16. The monoisotopic (exact) mass is 250 g/mol. The molecule has 1 unspecified atom stereocenters. The van der Waals surface area contributed by atoms with Crippen molar-refractivity contribution in [3.05, 3.63) is 18.1 Å². The fourth-order valence-corrected chi connectivity index (χ4v) is 1.51. The van der Waals surface area contributed by atoms with E-state index in [2.05, 4.69) is 61.9 Å². The molecule has 18 heavy (non-hydrogen) atoms. The highest BCUT2D eigenvalue weighted by molar-refractivity contribution is 5.36. The first kappa shape index (κ1) is 14.9. The van der Waals surface area contributed by atoms with E-state index < -0.39 is 0 Å². The van der Waals surface area contributed by atoms with Gasteiger partial charge in [0.15, 0.2) is 0 Å². The summed E-state index contributed by atoms with van der Waals surface area (Å²) in [5.74, 6) is 0.942. The predicted molar refractivity (Wildman–Crippen MR) is 76.8 cm³/mol. The highest BCUT2D eigenvalue weighted by Gasteiger charge is 2.12. The van der Waals surface area contributed by atoms with Crippen LogP contribution in [0.4, 0.5) is 5.82 Å². The van der Waals surface area contributed by atoms with Crippen molar-refractivity contribution in [2.75, 3.05) is 11.9 Å². The van der Waals surface area contributed by atoms with Gasteiger partial charge in [0, 0.05) is 31.4 Å². The van der Waals surface area contributed by atoms with Crippen LogP contribution in [0.25, 0.3) is 0 Å². The summed E-state index contributed by atoms with van der Waals surface area (Å²) in [6.45, 7) is 11.6. The van der Waals surface area contributed by atoms with E-state index in [0.717, 1.165) is 24.5 Å². The molecule has 1 N–H and O–H groups in total. The molecular formula is C14H26N4. The molecule has 0 aliphatic carbocycles. The molecular weight excluding hydrogens is 224 g/mol. The average molecular weight is 250 g/mol. The van der Waals surface area contributed by atoms with E-state index in [-0.39, 0.29) is 5.54 Å². The first-order chi connectivity index (χ1) is 8.33. The lowest BCUT2D eigenvalue weighted by atomic mass is 10.1. The Morgan fingerprint density at radius 1 is 1.33 bits per heavy atom. The summed E-state index contributed by atoms with van der Waals surface area (Å²) in [6.07, 6.45) is 4.75. The third-order valence-corrected chi connectivity index (χ3v) is 3.08. The molecule has 0 aliphatic rings. The first-order valence-electron chi connectivity index (χ1n) is 6.62. The van der Waals surface area contributed by atoms with E-state index in [1.165, 1.54) is 0 Å². The Morgan fingerprint density at radius 2 is 2.00 bits per heavy atom. The van der Waals surface area contributed by atoms with Crippen molar-refractivity contribution < 1.29 is 0 Å². The fraction of sp³-hybridized carbons (Fsp3) is 0.714. The van der Waals surface area contributed by atoms with Crippen molar-refractivity contribution in [2.24, 2.45) is 0 Å². The van der Waals surface area contributed by atoms with Gasteiger partial charge < -0.3 is 10.2 Å². The summed E-state index contributed by atoms with van der Waals surface area (Å²) < 4.78 is 0. The summed E-state index contributed by atoms with van der Waals surface area (Å²) in [6, 6.07) is 0.477. The van der Waals surface area contributed by atoms with Gasteiger partial charge in [-0.15, -0.1) is 0 Å². The molecule has 102 valence electrons. The number of hydrogen-bond donors (Lipinski definition) is 1. The molecule has 4 nitrogen and oxygen atoms in total. The minimum absolute atomic E-state index is 0.0975. The van der Waals surface area contributed by atoms with Crippen molar-refractivity contribution in [1.29, 1.82) is 0 Å². The Labute approximate surface area is 111 Å². The standard InChI is InChI=1S/C14H26N4/c1-7-11(2)18(6)13-10-15-8-12(17-13)9-16-14(3,4)5/h8,10-11,16H,7,9H2,1-6H3. The summed E-state index contributed by atoms with van der Waals surface area (Å²) in [7, 11) is 2.07. The van der Waals surface area contributed by atoms with Crippen LogP contribution in [-0.4, -0.2) is 28.6 Å². The molecule has 0 aliphatic heterocycles. The molecule has 0 fully saturated rings. The Morgan fingerprint density at radius 3 is 2.56 bits per heavy atom. The zero-order chi connectivity index (χ0) is 13.8. The quantitative estimate of drug-likeness (QED) is 0.872. The van der Waals surface area contributed by atoms with Gasteiger partial charge in [-0.25, -0.2) is 4.98 Å². The lowest BCUT2D eigenvalue weighted by Crippen LogP contribution is -2.35. The highest BCUT2D eigenvalue weighted by Crippen LogP contribution is 2.13. The molecule has 1 aromatic heterocycles. The van der Waals surface area contributed by atoms with Gasteiger partial charge in [-0.1, -0.05) is 6.92 Å². The van der Waals surface area contributed by atoms with Crippen molar-refractivity contribution in [2.45, 2.75) is 59.2 Å². The molecule has 0 bridgehead atoms. The summed E-state index contributed by atoms with van der Waals surface area (Å²) in [5, 5.41) is 3.43. The van der Waals surface area contributed by atoms with Gasteiger partial charge in [-0.3, -0.25) is 4.98 Å². The van der Waals surface area contributed by atoms with Gasteiger partial charge >= 0.3 is 0 Å². The Kier molecular flexibility index (Phi) is 5.08. The SMILES string of the molecule is CCC(C)N(C)c1cncc(CNC(C)(C)C)n1. The molecule has 0 aromatic carbocycles. The topological polar surface area (TPSA) is 41.1 Å². The van der Waals surface area contributed by atoms with Gasteiger partial charge in [-0.05, 0) is 34.1 Å². The third-order valence-electron chi connectivity index (χ3n) is 3.08. The molecule has 4 heteroatoms. The number of nitrogens with one attached hydrogen (secondary N) is 1. The maximum Gasteiger partial charge on any atom is 0.147 e. The molecule has 0 spiro atoms. The molecule has 0 radical (unpaired) electrons. The molecule has 1 rings (SSSR count). The molecule has 0 saturated heterocycles. The maximum absolute atomic E-state index is 4.65. The second kappa shape index (κ2) is 6.14. The van der Waals surface area contributed by atoms with Crippen LogP contribution in [0.3, 0.4) is 0 Å². The Balaban J connectivity index is 2.73. The van der Waals surface area contributed by atoms with Crippen LogP contribution in [0.1, 0.15) is 46.7 Å². The van der Waals surface area contributed by atoms with Crippen LogP contribution in [0.15, 0.2) is 12.4 Å². The minimum atomic E-state index is 0.0975. The van der Waals surface area contributed by atoms with E-state index in [0.29, 0.717) is 6.04 Å². The lowest BCUT2D eigenvalue weighted by molar-refractivity contribution is 0.421. The summed E-state index contributed by atoms with van der Waals surface area (Å²) in [5.41, 5.74) is 1.08. The number of rotatable bonds is 5. The van der Waals surface area contributed by atoms with Crippen LogP contribution < -0.4 is 10.2 Å². The second-order valence-corrected chi connectivity index (χ2v) is 5.84. The first-order valence-corrected chi connectivity index (χ1v) is 6.62. The summed E-state index contributed by atoms with van der Waals surface area (Å²) in [4.78, 5) is 11.1. The van der Waals surface area contributed by atoms with Gasteiger partial charge in [0.1, 0.15) is 5.82 Å². The molecule has 1 atom stereocenters. The number of anilines is 1. The van der Waals surface area contributed by atoms with Crippen LogP contribution in [0.2, 0.25) is 0 Å². The summed E-state index contributed by atoms with van der Waals surface area (Å²) >= 11 is 0. The largest absolute Gasteiger partial charge is 0.356 e. The Bertz CT molecular complexity index is 370. The molecule has 0 amide bonds. The smallest absolute Gasteiger partial charge is 0.147 e. The van der Waals surface area contributed by atoms with E-state index >= 15 is 0 Å². The third kappa shape index (κ3) is 4.61. The van der Waals surface area contributed by atoms with Crippen molar-refractivity contribution >= 4 is 5.82 Å². The number of aromatic nitrogens is 2. The lowest BCUT2D eigenvalue weighted by Gasteiger charge is -2.25. The number of nitrogens with zero attached hydrogens (tertiary/aromatic N) is 3. The van der Waals surface area contributed by atoms with Crippen LogP contribution in [0, 0.1) is 0 Å². The molecule has 0 saturated carbocycles. The zero-order valence-electron chi connectivity index (χ0n) is 12.5. The maximum atomic E-state index is 4.65. The average Bonchev–Trinajstić information content (AvgIpc) is 2.34. The van der Waals surface area contributed by atoms with Gasteiger partial charge in [-0.2, -0.15) is 0 Å². The minimum Gasteiger partial charge on any atom is -0.356 e. The van der Waals surface area contributed by atoms with Crippen LogP contribution >= 0.6 is 0 Å². The fourth-order valence-electron chi connectivity index (χ4n) is 1.51. The van der Waals surface area contributed by atoms with Crippen molar-refractivity contribution in [3.63, 3.8) is 0 Å². The van der Waals surface area contributed by atoms with Crippen molar-refractivity contribution in [3.8, 4) is 0 Å². The van der Waals surface area contributed by atoms with Gasteiger partial charge in [0.2, 0.25) is 0 Å². The highest BCUT2D eigenvalue weighted by atomic mass is 15.2. The van der Waals surface area contributed by atoms with E-state index in [9.17, 15) is 0 Å². The van der Waals surface area contributed by atoms with E-state index in [1.54, 1.807) is 0 Å². The van der Waals surface area contributed by atoms with Crippen LogP contribution in [0.5, 0.6) is 0 Å². The van der Waals surface area contributed by atoms with E-state index in [4.69, 9.17) is 0 Å². The zero-order valence-corrected chi connectivity index (χ0v) is 12.5.